The van der Waals surface area contributed by atoms with Crippen molar-refractivity contribution < 1.29 is 13.2 Å². The molecule has 3 rings (SSSR count). The molecule has 2 aromatic rings. The van der Waals surface area contributed by atoms with E-state index in [0.717, 1.165) is 43.1 Å². The van der Waals surface area contributed by atoms with Crippen molar-refractivity contribution in [3.05, 3.63) is 53.9 Å². The first-order valence-corrected chi connectivity index (χ1v) is 11.0. The first kappa shape index (κ1) is 19.4. The van der Waals surface area contributed by atoms with Gasteiger partial charge in [-0.05, 0) is 55.2 Å². The van der Waals surface area contributed by atoms with Crippen molar-refractivity contribution >= 4 is 21.6 Å². The van der Waals surface area contributed by atoms with Gasteiger partial charge in [-0.3, -0.25) is 4.98 Å². The van der Waals surface area contributed by atoms with Gasteiger partial charge in [-0.1, -0.05) is 18.9 Å². The molecule has 0 unspecified atom stereocenters. The third kappa shape index (κ3) is 4.66. The van der Waals surface area contributed by atoms with Crippen LogP contribution in [-0.4, -0.2) is 37.1 Å². The molecule has 1 aliphatic rings. The Labute approximate surface area is 160 Å². The highest BCUT2D eigenvalue weighted by molar-refractivity contribution is 7.90. The number of amides is 2. The maximum absolute atomic E-state index is 13.1. The van der Waals surface area contributed by atoms with Crippen LogP contribution in [0.5, 0.6) is 0 Å². The van der Waals surface area contributed by atoms with Crippen LogP contribution in [0.25, 0.3) is 0 Å². The van der Waals surface area contributed by atoms with Gasteiger partial charge in [0.1, 0.15) is 0 Å². The predicted molar refractivity (Wildman–Crippen MR) is 105 cm³/mol. The van der Waals surface area contributed by atoms with Crippen LogP contribution < -0.4 is 5.32 Å². The minimum Gasteiger partial charge on any atom is -0.317 e. The molecule has 1 N–H and O–H groups in total. The average molecular weight is 388 g/mol. The summed E-state index contributed by atoms with van der Waals surface area (Å²) in [6.45, 7) is 2.52. The van der Waals surface area contributed by atoms with E-state index in [9.17, 15) is 13.2 Å². The number of likely N-dealkylation sites (tertiary alicyclic amines) is 1. The molecule has 0 spiro atoms. The molecule has 2 amide bonds. The minimum absolute atomic E-state index is 0.00565. The van der Waals surface area contributed by atoms with Crippen LogP contribution in [0.3, 0.4) is 0 Å². The summed E-state index contributed by atoms with van der Waals surface area (Å²) in [4.78, 5) is 19.2. The lowest BCUT2D eigenvalue weighted by Crippen LogP contribution is -2.38. The second-order valence-corrected chi connectivity index (χ2v) is 9.03. The lowest BCUT2D eigenvalue weighted by Gasteiger charge is -2.30. The summed E-state index contributed by atoms with van der Waals surface area (Å²) in [5.41, 5.74) is 2.43. The maximum atomic E-state index is 13.1. The van der Waals surface area contributed by atoms with Crippen molar-refractivity contribution in [3.8, 4) is 0 Å². The SMILES string of the molecule is Cc1ccc(S(C)(=O)=O)cc1NC(=O)N1CCCCC[C@@H]1c1ccncc1. The van der Waals surface area contributed by atoms with Gasteiger partial charge in [0.05, 0.1) is 10.9 Å². The van der Waals surface area contributed by atoms with Crippen LogP contribution >= 0.6 is 0 Å². The van der Waals surface area contributed by atoms with E-state index in [1.165, 1.54) is 6.07 Å². The summed E-state index contributed by atoms with van der Waals surface area (Å²) in [5.74, 6) is 0. The van der Waals surface area contributed by atoms with Crippen LogP contribution in [0.1, 0.15) is 42.9 Å². The number of aromatic nitrogens is 1. The number of pyridine rings is 1. The second kappa shape index (κ2) is 8.08. The molecule has 1 aromatic carbocycles. The summed E-state index contributed by atoms with van der Waals surface area (Å²) in [6.07, 6.45) is 8.67. The largest absolute Gasteiger partial charge is 0.322 e. The first-order valence-electron chi connectivity index (χ1n) is 9.14. The summed E-state index contributed by atoms with van der Waals surface area (Å²) < 4.78 is 23.7. The maximum Gasteiger partial charge on any atom is 0.322 e. The van der Waals surface area contributed by atoms with E-state index in [-0.39, 0.29) is 17.0 Å². The van der Waals surface area contributed by atoms with Gasteiger partial charge in [0.25, 0.3) is 0 Å². The zero-order valence-corrected chi connectivity index (χ0v) is 16.5. The number of sulfone groups is 1. The predicted octanol–water partition coefficient (Wildman–Crippen LogP) is 3.94. The minimum atomic E-state index is -3.33. The third-order valence-corrected chi connectivity index (χ3v) is 6.09. The highest BCUT2D eigenvalue weighted by Crippen LogP contribution is 2.31. The molecule has 144 valence electrons. The Morgan fingerprint density at radius 3 is 2.59 bits per heavy atom. The van der Waals surface area contributed by atoms with Crippen molar-refractivity contribution in [3.63, 3.8) is 0 Å². The zero-order chi connectivity index (χ0) is 19.4. The van der Waals surface area contributed by atoms with Gasteiger partial charge < -0.3 is 10.2 Å². The lowest BCUT2D eigenvalue weighted by atomic mass is 10.0. The fraction of sp³-hybridized carbons (Fsp3) is 0.400. The van der Waals surface area contributed by atoms with Crippen LogP contribution in [0.4, 0.5) is 10.5 Å². The highest BCUT2D eigenvalue weighted by atomic mass is 32.2. The van der Waals surface area contributed by atoms with Gasteiger partial charge in [-0.15, -0.1) is 0 Å². The Morgan fingerprint density at radius 2 is 1.89 bits per heavy atom. The van der Waals surface area contributed by atoms with Gasteiger partial charge in [-0.25, -0.2) is 13.2 Å². The zero-order valence-electron chi connectivity index (χ0n) is 15.7. The molecule has 1 fully saturated rings. The number of nitrogens with zero attached hydrogens (tertiary/aromatic N) is 2. The van der Waals surface area contributed by atoms with Crippen molar-refractivity contribution in [2.45, 2.75) is 43.5 Å². The first-order chi connectivity index (χ1) is 12.9. The van der Waals surface area contributed by atoms with E-state index in [1.54, 1.807) is 24.5 Å². The number of anilines is 1. The molecule has 6 nitrogen and oxygen atoms in total. The summed E-state index contributed by atoms with van der Waals surface area (Å²) in [5, 5.41) is 2.93. The number of urea groups is 1. The van der Waals surface area contributed by atoms with E-state index >= 15 is 0 Å². The standard InChI is InChI=1S/C20H25N3O3S/c1-15-7-8-17(27(2,25)26)14-18(15)22-20(24)23-13-5-3-4-6-19(23)16-9-11-21-12-10-16/h7-12,14,19H,3-6,13H2,1-2H3,(H,22,24)/t19-/m1/s1. The molecule has 2 heterocycles. The van der Waals surface area contributed by atoms with Crippen molar-refractivity contribution in [1.82, 2.24) is 9.88 Å². The van der Waals surface area contributed by atoms with E-state index in [1.807, 2.05) is 24.0 Å². The molecule has 7 heteroatoms. The number of aryl methyl sites for hydroxylation is 1. The van der Waals surface area contributed by atoms with Crippen molar-refractivity contribution in [2.24, 2.45) is 0 Å². The van der Waals surface area contributed by atoms with Crippen LogP contribution in [0.15, 0.2) is 47.6 Å². The van der Waals surface area contributed by atoms with E-state index in [4.69, 9.17) is 0 Å². The monoisotopic (exact) mass is 387 g/mol. The molecular weight excluding hydrogens is 362 g/mol. The molecule has 1 aromatic heterocycles. The molecule has 0 aliphatic carbocycles. The molecular formula is C20H25N3O3S. The van der Waals surface area contributed by atoms with Gasteiger partial charge >= 0.3 is 6.03 Å². The molecule has 0 bridgehead atoms. The quantitative estimate of drug-likeness (QED) is 0.865. The average Bonchev–Trinajstić information content (AvgIpc) is 2.89. The fourth-order valence-electron chi connectivity index (χ4n) is 3.44. The second-order valence-electron chi connectivity index (χ2n) is 7.02. The normalized spacial score (nSPS) is 18.0. The van der Waals surface area contributed by atoms with E-state index in [0.29, 0.717) is 12.2 Å². The Morgan fingerprint density at radius 1 is 1.15 bits per heavy atom. The number of benzene rings is 1. The number of rotatable bonds is 3. The molecule has 1 aliphatic heterocycles. The summed E-state index contributed by atoms with van der Waals surface area (Å²) >= 11 is 0. The Hall–Kier alpha value is -2.41. The molecule has 1 atom stereocenters. The number of nitrogens with one attached hydrogen (secondary N) is 1. The molecule has 1 saturated heterocycles. The topological polar surface area (TPSA) is 79.4 Å². The highest BCUT2D eigenvalue weighted by Gasteiger charge is 2.27. The summed E-state index contributed by atoms with van der Waals surface area (Å²) in [6, 6.07) is 8.50. The van der Waals surface area contributed by atoms with Gasteiger partial charge in [0.2, 0.25) is 0 Å². The Balaban J connectivity index is 1.87. The van der Waals surface area contributed by atoms with E-state index in [2.05, 4.69) is 10.3 Å². The van der Waals surface area contributed by atoms with Gasteiger partial charge in [0.15, 0.2) is 9.84 Å². The number of hydrogen-bond donors (Lipinski definition) is 1. The smallest absolute Gasteiger partial charge is 0.317 e. The van der Waals surface area contributed by atoms with Crippen LogP contribution in [-0.2, 0) is 9.84 Å². The third-order valence-electron chi connectivity index (χ3n) is 4.98. The fourth-order valence-corrected chi connectivity index (χ4v) is 4.08. The molecule has 0 radical (unpaired) electrons. The number of carbonyl (C=O) groups excluding carboxylic acids is 1. The van der Waals surface area contributed by atoms with E-state index < -0.39 is 9.84 Å². The molecule has 27 heavy (non-hydrogen) atoms. The van der Waals surface area contributed by atoms with Gasteiger partial charge in [0, 0.05) is 30.9 Å². The number of carbonyl (C=O) groups is 1. The Kier molecular flexibility index (Phi) is 5.79. The lowest BCUT2D eigenvalue weighted by molar-refractivity contribution is 0.189. The molecule has 0 saturated carbocycles. The number of hydrogen-bond acceptors (Lipinski definition) is 4. The van der Waals surface area contributed by atoms with Crippen molar-refractivity contribution in [1.29, 1.82) is 0 Å². The van der Waals surface area contributed by atoms with Crippen LogP contribution in [0.2, 0.25) is 0 Å². The Bertz CT molecular complexity index is 913. The van der Waals surface area contributed by atoms with Crippen molar-refractivity contribution in [2.75, 3.05) is 18.1 Å². The summed E-state index contributed by atoms with van der Waals surface area (Å²) in [7, 11) is -3.33. The van der Waals surface area contributed by atoms with Gasteiger partial charge in [-0.2, -0.15) is 0 Å². The van der Waals surface area contributed by atoms with Crippen LogP contribution in [0, 0.1) is 6.92 Å².